The predicted molar refractivity (Wildman–Crippen MR) is 72.4 cm³/mol. The van der Waals surface area contributed by atoms with Crippen molar-refractivity contribution in [2.24, 2.45) is 13.0 Å². The van der Waals surface area contributed by atoms with E-state index in [0.717, 1.165) is 25.3 Å². The van der Waals surface area contributed by atoms with Gasteiger partial charge in [-0.1, -0.05) is 12.8 Å². The minimum absolute atomic E-state index is 0.0925. The lowest BCUT2D eigenvalue weighted by atomic mass is 9.88. The third-order valence-corrected chi connectivity index (χ3v) is 4.84. The number of likely N-dealkylation sites (tertiary alicyclic amines) is 1. The zero-order valence-corrected chi connectivity index (χ0v) is 11.7. The van der Waals surface area contributed by atoms with Crippen molar-refractivity contribution >= 4 is 0 Å². The molecule has 0 spiro atoms. The fourth-order valence-corrected chi connectivity index (χ4v) is 3.75. The quantitative estimate of drug-likeness (QED) is 0.895. The first-order valence-corrected chi connectivity index (χ1v) is 7.50. The fourth-order valence-electron chi connectivity index (χ4n) is 3.75. The van der Waals surface area contributed by atoms with Crippen molar-refractivity contribution in [3.05, 3.63) is 12.2 Å². The van der Waals surface area contributed by atoms with Crippen molar-refractivity contribution in [2.45, 2.75) is 57.2 Å². The number of hydrogen-bond donors (Lipinski definition) is 1. The molecule has 3 rings (SSSR count). The Labute approximate surface area is 114 Å². The molecule has 0 aromatic carbocycles. The van der Waals surface area contributed by atoms with Gasteiger partial charge in [-0.15, -0.1) is 10.2 Å². The van der Waals surface area contributed by atoms with E-state index in [1.54, 1.807) is 6.33 Å². The Hall–Kier alpha value is -0.940. The third kappa shape index (κ3) is 2.67. The Balaban J connectivity index is 1.72. The standard InChI is InChI=1S/C14H24N4O/c1-17-10-15-16-14(17)9-18-8-3-2-6-12(18)11-5-4-7-13(11)19/h10-13,19H,2-9H2,1H3. The summed E-state index contributed by atoms with van der Waals surface area (Å²) in [5, 5.41) is 18.3. The lowest BCUT2D eigenvalue weighted by molar-refractivity contribution is 0.0295. The first kappa shape index (κ1) is 13.1. The summed E-state index contributed by atoms with van der Waals surface area (Å²) in [5.74, 6) is 1.49. The normalized spacial score (nSPS) is 32.8. The van der Waals surface area contributed by atoms with Crippen molar-refractivity contribution in [1.29, 1.82) is 0 Å². The Morgan fingerprint density at radius 2 is 2.16 bits per heavy atom. The van der Waals surface area contributed by atoms with Gasteiger partial charge in [0, 0.05) is 19.0 Å². The summed E-state index contributed by atoms with van der Waals surface area (Å²) in [7, 11) is 2.00. The van der Waals surface area contributed by atoms with Crippen molar-refractivity contribution in [2.75, 3.05) is 6.54 Å². The number of aromatic nitrogens is 3. The van der Waals surface area contributed by atoms with E-state index >= 15 is 0 Å². The smallest absolute Gasteiger partial charge is 0.146 e. The highest BCUT2D eigenvalue weighted by atomic mass is 16.3. The molecule has 1 saturated heterocycles. The van der Waals surface area contributed by atoms with E-state index in [1.807, 2.05) is 11.6 Å². The SMILES string of the molecule is Cn1cnnc1CN1CCCCC1C1CCCC1O. The monoisotopic (exact) mass is 264 g/mol. The van der Waals surface area contributed by atoms with Crippen LogP contribution in [0.15, 0.2) is 6.33 Å². The lowest BCUT2D eigenvalue weighted by Crippen LogP contribution is -2.46. The molecule has 5 nitrogen and oxygen atoms in total. The summed E-state index contributed by atoms with van der Waals surface area (Å²) in [6, 6.07) is 0.531. The molecule has 1 N–H and O–H groups in total. The molecule has 3 atom stereocenters. The topological polar surface area (TPSA) is 54.2 Å². The van der Waals surface area contributed by atoms with Gasteiger partial charge in [0.25, 0.3) is 0 Å². The van der Waals surface area contributed by atoms with Crippen LogP contribution in [0.25, 0.3) is 0 Å². The molecule has 2 aliphatic rings. The van der Waals surface area contributed by atoms with E-state index in [9.17, 15) is 5.11 Å². The van der Waals surface area contributed by atoms with Crippen LogP contribution in [-0.2, 0) is 13.6 Å². The molecule has 1 aliphatic carbocycles. The van der Waals surface area contributed by atoms with Crippen LogP contribution in [0.1, 0.15) is 44.3 Å². The second-order valence-electron chi connectivity index (χ2n) is 6.05. The van der Waals surface area contributed by atoms with Crippen LogP contribution in [0.5, 0.6) is 0 Å². The van der Waals surface area contributed by atoms with Crippen LogP contribution in [0.2, 0.25) is 0 Å². The lowest BCUT2D eigenvalue weighted by Gasteiger charge is -2.40. The molecule has 0 bridgehead atoms. The molecule has 0 radical (unpaired) electrons. The summed E-state index contributed by atoms with van der Waals surface area (Å²) in [4.78, 5) is 2.52. The average Bonchev–Trinajstić information content (AvgIpc) is 3.00. The fraction of sp³-hybridized carbons (Fsp3) is 0.857. The number of aryl methyl sites for hydroxylation is 1. The average molecular weight is 264 g/mol. The molecule has 5 heteroatoms. The molecule has 0 amide bonds. The highest BCUT2D eigenvalue weighted by molar-refractivity contribution is 4.93. The molecule has 1 aromatic heterocycles. The number of hydrogen-bond acceptors (Lipinski definition) is 4. The van der Waals surface area contributed by atoms with Crippen molar-refractivity contribution < 1.29 is 5.11 Å². The van der Waals surface area contributed by atoms with E-state index in [-0.39, 0.29) is 6.10 Å². The molecule has 2 heterocycles. The molecule has 1 saturated carbocycles. The Morgan fingerprint density at radius 3 is 2.84 bits per heavy atom. The van der Waals surface area contributed by atoms with Gasteiger partial charge >= 0.3 is 0 Å². The number of rotatable bonds is 3. The third-order valence-electron chi connectivity index (χ3n) is 4.84. The zero-order valence-electron chi connectivity index (χ0n) is 11.7. The van der Waals surface area contributed by atoms with Gasteiger partial charge in [0.05, 0.1) is 12.6 Å². The van der Waals surface area contributed by atoms with Crippen LogP contribution < -0.4 is 0 Å². The minimum atomic E-state index is -0.0925. The molecular weight excluding hydrogens is 240 g/mol. The van der Waals surface area contributed by atoms with Gasteiger partial charge in [-0.3, -0.25) is 4.90 Å². The predicted octanol–water partition coefficient (Wildman–Crippen LogP) is 1.33. The van der Waals surface area contributed by atoms with Gasteiger partial charge < -0.3 is 9.67 Å². The molecule has 1 aliphatic heterocycles. The Bertz CT molecular complexity index is 419. The zero-order chi connectivity index (χ0) is 13.2. The minimum Gasteiger partial charge on any atom is -0.393 e. The Morgan fingerprint density at radius 1 is 1.26 bits per heavy atom. The van der Waals surface area contributed by atoms with E-state index in [0.29, 0.717) is 12.0 Å². The molecule has 19 heavy (non-hydrogen) atoms. The van der Waals surface area contributed by atoms with E-state index < -0.39 is 0 Å². The molecule has 1 aromatic rings. The summed E-state index contributed by atoms with van der Waals surface area (Å²) < 4.78 is 2.00. The summed E-state index contributed by atoms with van der Waals surface area (Å²) in [5.41, 5.74) is 0. The molecular formula is C14H24N4O. The van der Waals surface area contributed by atoms with E-state index in [1.165, 1.54) is 32.1 Å². The van der Waals surface area contributed by atoms with Crippen molar-refractivity contribution in [1.82, 2.24) is 19.7 Å². The molecule has 3 unspecified atom stereocenters. The van der Waals surface area contributed by atoms with Crippen LogP contribution in [0.4, 0.5) is 0 Å². The van der Waals surface area contributed by atoms with Crippen molar-refractivity contribution in [3.63, 3.8) is 0 Å². The summed E-state index contributed by atoms with van der Waals surface area (Å²) >= 11 is 0. The van der Waals surface area contributed by atoms with Gasteiger partial charge in [0.2, 0.25) is 0 Å². The second-order valence-corrected chi connectivity index (χ2v) is 6.05. The summed E-state index contributed by atoms with van der Waals surface area (Å²) in [6.45, 7) is 1.99. The number of aliphatic hydroxyl groups excluding tert-OH is 1. The molecule has 106 valence electrons. The van der Waals surface area contributed by atoms with Gasteiger partial charge in [-0.05, 0) is 32.2 Å². The van der Waals surface area contributed by atoms with Crippen LogP contribution >= 0.6 is 0 Å². The number of aliphatic hydroxyl groups is 1. The highest BCUT2D eigenvalue weighted by Crippen LogP contribution is 2.35. The van der Waals surface area contributed by atoms with Gasteiger partial charge in [0.1, 0.15) is 12.2 Å². The molecule has 2 fully saturated rings. The first-order chi connectivity index (χ1) is 9.25. The highest BCUT2D eigenvalue weighted by Gasteiger charge is 2.37. The maximum absolute atomic E-state index is 10.2. The van der Waals surface area contributed by atoms with Gasteiger partial charge in [0.15, 0.2) is 0 Å². The van der Waals surface area contributed by atoms with Gasteiger partial charge in [-0.25, -0.2) is 0 Å². The van der Waals surface area contributed by atoms with Crippen molar-refractivity contribution in [3.8, 4) is 0 Å². The Kier molecular flexibility index (Phi) is 3.84. The first-order valence-electron chi connectivity index (χ1n) is 7.50. The van der Waals surface area contributed by atoms with Crippen LogP contribution in [0, 0.1) is 5.92 Å². The van der Waals surface area contributed by atoms with E-state index in [4.69, 9.17) is 0 Å². The van der Waals surface area contributed by atoms with Crippen LogP contribution in [0.3, 0.4) is 0 Å². The maximum atomic E-state index is 10.2. The van der Waals surface area contributed by atoms with E-state index in [2.05, 4.69) is 15.1 Å². The van der Waals surface area contributed by atoms with Gasteiger partial charge in [-0.2, -0.15) is 0 Å². The maximum Gasteiger partial charge on any atom is 0.146 e. The second kappa shape index (κ2) is 5.59. The largest absolute Gasteiger partial charge is 0.393 e. The van der Waals surface area contributed by atoms with Crippen LogP contribution in [-0.4, -0.2) is 43.5 Å². The number of nitrogens with zero attached hydrogens (tertiary/aromatic N) is 4. The number of piperidine rings is 1. The summed E-state index contributed by atoms with van der Waals surface area (Å²) in [6.07, 6.45) is 8.80.